The molecular formula is C20H26N4O. The van der Waals surface area contributed by atoms with Gasteiger partial charge in [0.1, 0.15) is 5.82 Å². The van der Waals surface area contributed by atoms with Crippen LogP contribution in [0, 0.1) is 6.92 Å². The molecule has 1 fully saturated rings. The molecule has 1 aromatic carbocycles. The minimum absolute atomic E-state index is 0.268. The van der Waals surface area contributed by atoms with Crippen molar-refractivity contribution < 1.29 is 4.79 Å². The topological polar surface area (TPSA) is 51.0 Å². The van der Waals surface area contributed by atoms with E-state index < -0.39 is 0 Å². The molecule has 25 heavy (non-hydrogen) atoms. The summed E-state index contributed by atoms with van der Waals surface area (Å²) >= 11 is 0. The summed E-state index contributed by atoms with van der Waals surface area (Å²) in [5, 5.41) is 8.67. The van der Waals surface area contributed by atoms with Crippen LogP contribution in [0.4, 0.5) is 0 Å². The Bertz CT molecular complexity index is 804. The Labute approximate surface area is 149 Å². The van der Waals surface area contributed by atoms with Gasteiger partial charge in [-0.3, -0.25) is 4.79 Å². The third-order valence-electron chi connectivity index (χ3n) is 5.77. The normalized spacial score (nSPS) is 18.8. The molecule has 1 aliphatic carbocycles. The Kier molecular flexibility index (Phi) is 3.89. The number of fused-ring (bicyclic) bond motifs is 1. The Morgan fingerprint density at radius 2 is 2.00 bits per heavy atom. The molecule has 0 radical (unpaired) electrons. The zero-order valence-corrected chi connectivity index (χ0v) is 15.3. The van der Waals surface area contributed by atoms with E-state index in [1.165, 1.54) is 11.1 Å². The van der Waals surface area contributed by atoms with E-state index in [0.29, 0.717) is 12.5 Å². The summed E-state index contributed by atoms with van der Waals surface area (Å²) in [6, 6.07) is 8.46. The fraction of sp³-hybridized carbons (Fsp3) is 0.550. The molecule has 1 aromatic heterocycles. The Morgan fingerprint density at radius 1 is 1.20 bits per heavy atom. The van der Waals surface area contributed by atoms with Gasteiger partial charge >= 0.3 is 0 Å². The minimum atomic E-state index is -0.324. The summed E-state index contributed by atoms with van der Waals surface area (Å²) in [4.78, 5) is 15.4. The smallest absolute Gasteiger partial charge is 0.233 e. The van der Waals surface area contributed by atoms with Crippen LogP contribution >= 0.6 is 0 Å². The molecule has 1 saturated carbocycles. The van der Waals surface area contributed by atoms with Gasteiger partial charge in [0, 0.05) is 19.0 Å². The van der Waals surface area contributed by atoms with Gasteiger partial charge in [0.2, 0.25) is 5.91 Å². The molecule has 5 nitrogen and oxygen atoms in total. The average Bonchev–Trinajstić information content (AvgIpc) is 2.97. The maximum Gasteiger partial charge on any atom is 0.233 e. The zero-order valence-electron chi connectivity index (χ0n) is 15.3. The van der Waals surface area contributed by atoms with Gasteiger partial charge in [0.05, 0.1) is 12.0 Å². The molecule has 2 aliphatic rings. The molecule has 0 unspecified atom stereocenters. The summed E-state index contributed by atoms with van der Waals surface area (Å²) < 4.78 is 2.19. The highest BCUT2D eigenvalue weighted by molar-refractivity contribution is 5.89. The first-order chi connectivity index (χ1) is 12.0. The first-order valence-corrected chi connectivity index (χ1v) is 9.30. The number of hydrogen-bond donors (Lipinski definition) is 0. The molecule has 1 amide bonds. The van der Waals surface area contributed by atoms with E-state index in [-0.39, 0.29) is 11.3 Å². The number of nitrogens with zero attached hydrogens (tertiary/aromatic N) is 4. The Balaban J connectivity index is 1.60. The molecule has 2 aromatic rings. The first-order valence-electron chi connectivity index (χ1n) is 9.30. The lowest BCUT2D eigenvalue weighted by Gasteiger charge is -2.45. The van der Waals surface area contributed by atoms with Crippen molar-refractivity contribution in [2.24, 2.45) is 0 Å². The van der Waals surface area contributed by atoms with Gasteiger partial charge < -0.3 is 9.47 Å². The van der Waals surface area contributed by atoms with E-state index in [0.717, 1.165) is 44.0 Å². The highest BCUT2D eigenvalue weighted by Gasteiger charge is 2.48. The second kappa shape index (κ2) is 5.97. The summed E-state index contributed by atoms with van der Waals surface area (Å²) in [5.74, 6) is 2.57. The molecular weight excluding hydrogens is 312 g/mol. The standard InChI is InChI=1S/C20H26N4O/c1-14(2)18-22-21-17-13-23(10-11-24(17)18)19(25)20(8-5-9-20)16-7-4-6-15(3)12-16/h4,6-7,12,14H,5,8-11,13H2,1-3H3. The summed E-state index contributed by atoms with van der Waals surface area (Å²) in [7, 11) is 0. The maximum atomic E-state index is 13.4. The van der Waals surface area contributed by atoms with Crippen LogP contribution in [0.15, 0.2) is 24.3 Å². The van der Waals surface area contributed by atoms with Crippen molar-refractivity contribution in [1.29, 1.82) is 0 Å². The summed E-state index contributed by atoms with van der Waals surface area (Å²) in [6.07, 6.45) is 3.03. The van der Waals surface area contributed by atoms with E-state index in [1.54, 1.807) is 0 Å². The van der Waals surface area contributed by atoms with Crippen molar-refractivity contribution in [2.75, 3.05) is 6.54 Å². The van der Waals surface area contributed by atoms with E-state index in [1.807, 2.05) is 4.90 Å². The number of carbonyl (C=O) groups excluding carboxylic acids is 1. The number of aryl methyl sites for hydroxylation is 1. The number of carbonyl (C=O) groups is 1. The minimum Gasteiger partial charge on any atom is -0.333 e. The van der Waals surface area contributed by atoms with E-state index >= 15 is 0 Å². The quantitative estimate of drug-likeness (QED) is 0.864. The fourth-order valence-corrected chi connectivity index (χ4v) is 4.18. The highest BCUT2D eigenvalue weighted by Crippen LogP contribution is 2.45. The van der Waals surface area contributed by atoms with Crippen molar-refractivity contribution in [3.8, 4) is 0 Å². The van der Waals surface area contributed by atoms with Gasteiger partial charge in [0.25, 0.3) is 0 Å². The van der Waals surface area contributed by atoms with Crippen LogP contribution in [-0.4, -0.2) is 32.1 Å². The van der Waals surface area contributed by atoms with Crippen LogP contribution in [0.2, 0.25) is 0 Å². The van der Waals surface area contributed by atoms with E-state index in [4.69, 9.17) is 0 Å². The van der Waals surface area contributed by atoms with Crippen molar-refractivity contribution in [3.05, 3.63) is 47.0 Å². The Hall–Kier alpha value is -2.17. The van der Waals surface area contributed by atoms with Crippen LogP contribution in [-0.2, 0) is 23.3 Å². The number of amides is 1. The van der Waals surface area contributed by atoms with E-state index in [2.05, 4.69) is 59.8 Å². The van der Waals surface area contributed by atoms with Gasteiger partial charge in [-0.05, 0) is 25.3 Å². The highest BCUT2D eigenvalue weighted by atomic mass is 16.2. The molecule has 0 atom stereocenters. The average molecular weight is 338 g/mol. The lowest BCUT2D eigenvalue weighted by atomic mass is 9.63. The second-order valence-corrected chi connectivity index (χ2v) is 7.81. The van der Waals surface area contributed by atoms with Crippen molar-refractivity contribution in [3.63, 3.8) is 0 Å². The lowest BCUT2D eigenvalue weighted by Crippen LogP contribution is -2.52. The monoisotopic (exact) mass is 338 g/mol. The Morgan fingerprint density at radius 3 is 2.64 bits per heavy atom. The number of aromatic nitrogens is 3. The number of hydrogen-bond acceptors (Lipinski definition) is 3. The van der Waals surface area contributed by atoms with Crippen LogP contribution in [0.3, 0.4) is 0 Å². The zero-order chi connectivity index (χ0) is 17.6. The third kappa shape index (κ3) is 2.57. The SMILES string of the molecule is Cc1cccc(C2(C(=O)N3CCn4c(nnc4C(C)C)C3)CCC2)c1. The second-order valence-electron chi connectivity index (χ2n) is 7.81. The molecule has 0 saturated heterocycles. The van der Waals surface area contributed by atoms with Crippen molar-refractivity contribution in [2.45, 2.75) is 64.5 Å². The largest absolute Gasteiger partial charge is 0.333 e. The van der Waals surface area contributed by atoms with Crippen LogP contribution in [0.25, 0.3) is 0 Å². The first kappa shape index (κ1) is 16.3. The fourth-order valence-electron chi connectivity index (χ4n) is 4.18. The van der Waals surface area contributed by atoms with Crippen molar-refractivity contribution >= 4 is 5.91 Å². The molecule has 132 valence electrons. The van der Waals surface area contributed by atoms with Gasteiger partial charge in [-0.2, -0.15) is 0 Å². The predicted molar refractivity (Wildman–Crippen MR) is 96.2 cm³/mol. The summed E-state index contributed by atoms with van der Waals surface area (Å²) in [5.41, 5.74) is 2.07. The van der Waals surface area contributed by atoms with Gasteiger partial charge in [-0.15, -0.1) is 10.2 Å². The maximum absolute atomic E-state index is 13.4. The van der Waals surface area contributed by atoms with Crippen LogP contribution < -0.4 is 0 Å². The molecule has 0 bridgehead atoms. The number of benzene rings is 1. The van der Waals surface area contributed by atoms with Crippen LogP contribution in [0.5, 0.6) is 0 Å². The molecule has 2 heterocycles. The molecule has 0 spiro atoms. The third-order valence-corrected chi connectivity index (χ3v) is 5.77. The molecule has 0 N–H and O–H groups in total. The van der Waals surface area contributed by atoms with Gasteiger partial charge in [-0.25, -0.2) is 0 Å². The molecule has 5 heteroatoms. The van der Waals surface area contributed by atoms with Gasteiger partial charge in [-0.1, -0.05) is 50.1 Å². The summed E-state index contributed by atoms with van der Waals surface area (Å²) in [6.45, 7) is 8.48. The molecule has 4 rings (SSSR count). The molecule has 1 aliphatic heterocycles. The lowest BCUT2D eigenvalue weighted by molar-refractivity contribution is -0.142. The van der Waals surface area contributed by atoms with Crippen molar-refractivity contribution in [1.82, 2.24) is 19.7 Å². The number of rotatable bonds is 3. The van der Waals surface area contributed by atoms with Gasteiger partial charge in [0.15, 0.2) is 5.82 Å². The van der Waals surface area contributed by atoms with E-state index in [9.17, 15) is 4.79 Å². The van der Waals surface area contributed by atoms with Crippen LogP contribution in [0.1, 0.15) is 61.8 Å². The predicted octanol–water partition coefficient (Wildman–Crippen LogP) is 3.17.